The maximum atomic E-state index is 5.79. The summed E-state index contributed by atoms with van der Waals surface area (Å²) in [5, 5.41) is 10.7. The minimum atomic E-state index is -0.101. The van der Waals surface area contributed by atoms with Crippen LogP contribution in [-0.2, 0) is 0 Å². The molecule has 1 aromatic heterocycles. The first-order valence-electron chi connectivity index (χ1n) is 10.3. The molecule has 1 N–H and O–H groups in total. The number of rotatable bonds is 4. The van der Waals surface area contributed by atoms with Gasteiger partial charge in [-0.1, -0.05) is 30.3 Å². The van der Waals surface area contributed by atoms with E-state index in [-0.39, 0.29) is 6.04 Å². The Hall–Kier alpha value is -3.84. The number of hydrazone groups is 1. The molecule has 0 spiro atoms. The first kappa shape index (κ1) is 20.1. The van der Waals surface area contributed by atoms with Gasteiger partial charge in [0, 0.05) is 30.1 Å². The third-order valence-corrected chi connectivity index (χ3v) is 5.74. The van der Waals surface area contributed by atoms with Crippen LogP contribution in [0.4, 0.5) is 5.69 Å². The number of benzene rings is 3. The summed E-state index contributed by atoms with van der Waals surface area (Å²) >= 11 is 5.79. The van der Waals surface area contributed by atoms with Gasteiger partial charge in [-0.25, -0.2) is 5.01 Å². The van der Waals surface area contributed by atoms with E-state index in [4.69, 9.17) is 22.1 Å². The normalized spacial score (nSPS) is 15.5. The van der Waals surface area contributed by atoms with Crippen molar-refractivity contribution in [2.75, 3.05) is 12.4 Å². The van der Waals surface area contributed by atoms with Crippen molar-refractivity contribution in [1.82, 2.24) is 15.0 Å². The van der Waals surface area contributed by atoms with E-state index >= 15 is 0 Å². The predicted octanol–water partition coefficient (Wildman–Crippen LogP) is 5.19. The molecule has 0 amide bonds. The molecular formula is C25H21N5OS. The second kappa shape index (κ2) is 8.72. The van der Waals surface area contributed by atoms with Gasteiger partial charge in [0.25, 0.3) is 0 Å². The summed E-state index contributed by atoms with van der Waals surface area (Å²) in [5.41, 5.74) is 5.66. The summed E-state index contributed by atoms with van der Waals surface area (Å²) in [4.78, 5) is 9.07. The van der Waals surface area contributed by atoms with Crippen molar-refractivity contribution in [2.45, 2.75) is 12.5 Å². The number of nitrogens with zero attached hydrogens (tertiary/aromatic N) is 4. The topological polar surface area (TPSA) is 62.6 Å². The molecule has 0 saturated heterocycles. The third kappa shape index (κ3) is 3.90. The Balaban J connectivity index is 1.54. The van der Waals surface area contributed by atoms with Gasteiger partial charge in [0.2, 0.25) is 0 Å². The van der Waals surface area contributed by atoms with Crippen LogP contribution < -0.4 is 10.1 Å². The molecule has 1 aliphatic heterocycles. The molecule has 0 saturated carbocycles. The monoisotopic (exact) mass is 439 g/mol. The van der Waals surface area contributed by atoms with Crippen LogP contribution in [0.5, 0.6) is 5.75 Å². The number of para-hydroxylation sites is 2. The highest BCUT2D eigenvalue weighted by Gasteiger charge is 2.33. The smallest absolute Gasteiger partial charge is 0.194 e. The lowest BCUT2D eigenvalue weighted by Gasteiger charge is -2.25. The van der Waals surface area contributed by atoms with Crippen LogP contribution >= 0.6 is 12.2 Å². The molecule has 0 radical (unpaired) electrons. The Kier molecular flexibility index (Phi) is 5.47. The van der Waals surface area contributed by atoms with Crippen molar-refractivity contribution in [3.63, 3.8) is 0 Å². The number of hydrogen-bond donors (Lipinski definition) is 1. The zero-order valence-electron chi connectivity index (χ0n) is 17.5. The van der Waals surface area contributed by atoms with Gasteiger partial charge in [0.1, 0.15) is 5.75 Å². The summed E-state index contributed by atoms with van der Waals surface area (Å²) in [5.74, 6) is 0.811. The number of nitrogens with one attached hydrogen (secondary N) is 1. The molecule has 4 aromatic rings. The predicted molar refractivity (Wildman–Crippen MR) is 131 cm³/mol. The van der Waals surface area contributed by atoms with Crippen LogP contribution in [0, 0.1) is 0 Å². The van der Waals surface area contributed by atoms with Crippen LogP contribution in [0.1, 0.15) is 23.6 Å². The quantitative estimate of drug-likeness (QED) is 0.442. The van der Waals surface area contributed by atoms with Gasteiger partial charge in [-0.05, 0) is 60.2 Å². The molecule has 3 aromatic carbocycles. The summed E-state index contributed by atoms with van der Waals surface area (Å²) < 4.78 is 5.30. The highest BCUT2D eigenvalue weighted by molar-refractivity contribution is 7.80. The Morgan fingerprint density at radius 3 is 2.53 bits per heavy atom. The van der Waals surface area contributed by atoms with E-state index in [1.54, 1.807) is 19.5 Å². The van der Waals surface area contributed by atoms with Gasteiger partial charge in [-0.3, -0.25) is 9.97 Å². The molecule has 2 heterocycles. The molecule has 5 rings (SSSR count). The van der Waals surface area contributed by atoms with Crippen molar-refractivity contribution in [3.8, 4) is 5.75 Å². The fourth-order valence-electron chi connectivity index (χ4n) is 3.88. The van der Waals surface area contributed by atoms with Crippen LogP contribution in [0.15, 0.2) is 90.3 Å². The molecular weight excluding hydrogens is 418 g/mol. The zero-order chi connectivity index (χ0) is 21.9. The van der Waals surface area contributed by atoms with E-state index in [1.807, 2.05) is 71.7 Å². The average Bonchev–Trinajstić information content (AvgIpc) is 3.30. The Morgan fingerprint density at radius 1 is 0.969 bits per heavy atom. The third-order valence-electron chi connectivity index (χ3n) is 5.46. The number of fused-ring (bicyclic) bond motifs is 1. The first-order valence-corrected chi connectivity index (χ1v) is 10.7. The number of thiocarbonyl (C=S) groups is 1. The van der Waals surface area contributed by atoms with E-state index in [1.165, 1.54) is 0 Å². The molecule has 7 heteroatoms. The standard InChI is InChI=1S/C25H21N5OS/c1-31-19-12-10-17(11-13-19)22-16-23(20-8-5-9-21-24(20)27-15-14-26-21)30(29-22)25(32)28-18-6-3-2-4-7-18/h2-15,23H,16H2,1H3,(H,28,32)/t23-/m1/s1. The van der Waals surface area contributed by atoms with Gasteiger partial charge in [0.05, 0.1) is 29.9 Å². The minimum absolute atomic E-state index is 0.101. The van der Waals surface area contributed by atoms with Crippen molar-refractivity contribution in [3.05, 3.63) is 96.3 Å². The van der Waals surface area contributed by atoms with Crippen LogP contribution in [0.25, 0.3) is 11.0 Å². The highest BCUT2D eigenvalue weighted by atomic mass is 32.1. The number of anilines is 1. The zero-order valence-corrected chi connectivity index (χ0v) is 18.3. The van der Waals surface area contributed by atoms with E-state index in [9.17, 15) is 0 Å². The van der Waals surface area contributed by atoms with Crippen molar-refractivity contribution in [2.24, 2.45) is 5.10 Å². The molecule has 6 nitrogen and oxygen atoms in total. The lowest BCUT2D eigenvalue weighted by molar-refractivity contribution is 0.377. The van der Waals surface area contributed by atoms with E-state index in [0.717, 1.165) is 39.3 Å². The lowest BCUT2D eigenvalue weighted by atomic mass is 9.97. The first-order chi connectivity index (χ1) is 15.7. The Labute approximate surface area is 191 Å². The Bertz CT molecular complexity index is 1290. The Morgan fingerprint density at radius 2 is 1.75 bits per heavy atom. The maximum absolute atomic E-state index is 5.79. The van der Waals surface area contributed by atoms with E-state index in [2.05, 4.69) is 21.4 Å². The average molecular weight is 440 g/mol. The molecule has 0 unspecified atom stereocenters. The SMILES string of the molecule is COc1ccc(C2=NN(C(=S)Nc3ccccc3)[C@@H](c3cccc4nccnc34)C2)cc1. The fraction of sp³-hybridized carbons (Fsp3) is 0.120. The van der Waals surface area contributed by atoms with E-state index < -0.39 is 0 Å². The van der Waals surface area contributed by atoms with Crippen LogP contribution in [0.2, 0.25) is 0 Å². The molecule has 1 aliphatic rings. The number of methoxy groups -OCH3 is 1. The largest absolute Gasteiger partial charge is 0.497 e. The summed E-state index contributed by atoms with van der Waals surface area (Å²) in [7, 11) is 1.66. The molecule has 0 aliphatic carbocycles. The number of aromatic nitrogens is 2. The van der Waals surface area contributed by atoms with Crippen molar-refractivity contribution >= 4 is 39.8 Å². The molecule has 158 valence electrons. The number of ether oxygens (including phenoxy) is 1. The van der Waals surface area contributed by atoms with Gasteiger partial charge < -0.3 is 10.1 Å². The van der Waals surface area contributed by atoms with Crippen molar-refractivity contribution < 1.29 is 4.74 Å². The summed E-state index contributed by atoms with van der Waals surface area (Å²) in [6, 6.07) is 23.8. The maximum Gasteiger partial charge on any atom is 0.194 e. The second-order valence-electron chi connectivity index (χ2n) is 7.41. The molecule has 1 atom stereocenters. The fourth-order valence-corrected chi connectivity index (χ4v) is 4.17. The molecule has 0 bridgehead atoms. The van der Waals surface area contributed by atoms with Crippen LogP contribution in [-0.4, -0.2) is 32.9 Å². The van der Waals surface area contributed by atoms with Crippen molar-refractivity contribution in [1.29, 1.82) is 0 Å². The molecule has 32 heavy (non-hydrogen) atoms. The second-order valence-corrected chi connectivity index (χ2v) is 7.79. The summed E-state index contributed by atoms with van der Waals surface area (Å²) in [6.45, 7) is 0. The van der Waals surface area contributed by atoms with Gasteiger partial charge >= 0.3 is 0 Å². The number of hydrogen-bond acceptors (Lipinski definition) is 5. The van der Waals surface area contributed by atoms with Gasteiger partial charge in [-0.15, -0.1) is 0 Å². The van der Waals surface area contributed by atoms with Gasteiger partial charge in [-0.2, -0.15) is 5.10 Å². The highest BCUT2D eigenvalue weighted by Crippen LogP contribution is 2.36. The van der Waals surface area contributed by atoms with E-state index in [0.29, 0.717) is 11.5 Å². The lowest BCUT2D eigenvalue weighted by Crippen LogP contribution is -2.31. The summed E-state index contributed by atoms with van der Waals surface area (Å²) in [6.07, 6.45) is 4.12. The molecule has 0 fully saturated rings. The minimum Gasteiger partial charge on any atom is -0.497 e. The van der Waals surface area contributed by atoms with Gasteiger partial charge in [0.15, 0.2) is 5.11 Å². The van der Waals surface area contributed by atoms with Crippen LogP contribution in [0.3, 0.4) is 0 Å².